The highest BCUT2D eigenvalue weighted by Gasteiger charge is 2.17. The van der Waals surface area contributed by atoms with Gasteiger partial charge in [0, 0.05) is 9.58 Å². The van der Waals surface area contributed by atoms with Crippen molar-refractivity contribution in [3.63, 3.8) is 0 Å². The second-order valence-corrected chi connectivity index (χ2v) is 6.23. The first-order valence-corrected chi connectivity index (χ1v) is 7.38. The molecule has 0 spiro atoms. The molecule has 3 rings (SSSR count). The normalized spacial score (nSPS) is 12.8. The summed E-state index contributed by atoms with van der Waals surface area (Å²) in [4.78, 5) is 1.11. The fourth-order valence-electron chi connectivity index (χ4n) is 2.71. The number of rotatable bonds is 2. The molecule has 1 atom stereocenters. The third-order valence-corrected chi connectivity index (χ3v) is 4.82. The van der Waals surface area contributed by atoms with Gasteiger partial charge in [0.1, 0.15) is 5.82 Å². The minimum Gasteiger partial charge on any atom is -0.320 e. The predicted molar refractivity (Wildman–Crippen MR) is 83.7 cm³/mol. The quantitative estimate of drug-likeness (QED) is 0.725. The maximum absolute atomic E-state index is 13.4. The van der Waals surface area contributed by atoms with Gasteiger partial charge in [0.15, 0.2) is 0 Å². The predicted octanol–water partition coefficient (Wildman–Crippen LogP) is 4.71. The van der Waals surface area contributed by atoms with Crippen molar-refractivity contribution in [3.8, 4) is 0 Å². The smallest absolute Gasteiger partial charge is 0.123 e. The molecular weight excluding hydrogens is 269 g/mol. The van der Waals surface area contributed by atoms with E-state index in [0.29, 0.717) is 0 Å². The molecule has 0 aliphatic heterocycles. The molecule has 1 unspecified atom stereocenters. The average Bonchev–Trinajstić information content (AvgIpc) is 2.81. The number of hydrogen-bond acceptors (Lipinski definition) is 2. The Balaban J connectivity index is 2.10. The van der Waals surface area contributed by atoms with Crippen LogP contribution in [0.3, 0.4) is 0 Å². The summed E-state index contributed by atoms with van der Waals surface area (Å²) in [5.74, 6) is -0.202. The number of thiophene rings is 1. The zero-order chi connectivity index (χ0) is 14.3. The van der Waals surface area contributed by atoms with Crippen LogP contribution in [0.1, 0.15) is 27.6 Å². The second-order valence-electron chi connectivity index (χ2n) is 5.12. The molecule has 1 aromatic heterocycles. The van der Waals surface area contributed by atoms with E-state index in [2.05, 4.69) is 18.2 Å². The van der Waals surface area contributed by atoms with Crippen molar-refractivity contribution < 1.29 is 4.39 Å². The summed E-state index contributed by atoms with van der Waals surface area (Å²) in [5, 5.41) is 1.21. The molecule has 0 aliphatic rings. The van der Waals surface area contributed by atoms with Gasteiger partial charge in [-0.2, -0.15) is 0 Å². The van der Waals surface area contributed by atoms with Gasteiger partial charge in [0.05, 0.1) is 6.04 Å². The first-order chi connectivity index (χ1) is 9.56. The van der Waals surface area contributed by atoms with Gasteiger partial charge in [0.25, 0.3) is 0 Å². The highest BCUT2D eigenvalue weighted by molar-refractivity contribution is 7.19. The molecule has 3 aromatic rings. The molecule has 0 aliphatic carbocycles. The van der Waals surface area contributed by atoms with Crippen LogP contribution in [0, 0.1) is 19.7 Å². The maximum Gasteiger partial charge on any atom is 0.123 e. The van der Waals surface area contributed by atoms with E-state index in [-0.39, 0.29) is 11.9 Å². The van der Waals surface area contributed by atoms with Gasteiger partial charge in [-0.1, -0.05) is 18.2 Å². The molecule has 20 heavy (non-hydrogen) atoms. The molecular formula is C17H16FNS. The Morgan fingerprint density at radius 2 is 1.70 bits per heavy atom. The van der Waals surface area contributed by atoms with E-state index in [1.165, 1.54) is 10.1 Å². The van der Waals surface area contributed by atoms with E-state index in [4.69, 9.17) is 5.73 Å². The Labute approximate surface area is 121 Å². The van der Waals surface area contributed by atoms with Crippen molar-refractivity contribution >= 4 is 21.4 Å². The summed E-state index contributed by atoms with van der Waals surface area (Å²) in [5.41, 5.74) is 9.27. The van der Waals surface area contributed by atoms with E-state index in [1.807, 2.05) is 26.0 Å². The summed E-state index contributed by atoms with van der Waals surface area (Å²) in [6.07, 6.45) is 0. The molecule has 0 saturated heterocycles. The van der Waals surface area contributed by atoms with Crippen LogP contribution in [-0.4, -0.2) is 0 Å². The lowest BCUT2D eigenvalue weighted by Crippen LogP contribution is -2.13. The third-order valence-electron chi connectivity index (χ3n) is 3.62. The fraction of sp³-hybridized carbons (Fsp3) is 0.176. The van der Waals surface area contributed by atoms with Crippen LogP contribution in [-0.2, 0) is 0 Å². The number of aryl methyl sites for hydroxylation is 2. The molecule has 0 bridgehead atoms. The topological polar surface area (TPSA) is 26.0 Å². The van der Waals surface area contributed by atoms with Crippen molar-refractivity contribution in [1.82, 2.24) is 0 Å². The highest BCUT2D eigenvalue weighted by Crippen LogP contribution is 2.34. The number of fused-ring (bicyclic) bond motifs is 1. The molecule has 3 heteroatoms. The average molecular weight is 285 g/mol. The summed E-state index contributed by atoms with van der Waals surface area (Å²) in [6, 6.07) is 13.3. The van der Waals surface area contributed by atoms with Crippen molar-refractivity contribution in [2.24, 2.45) is 5.73 Å². The van der Waals surface area contributed by atoms with Crippen molar-refractivity contribution in [2.45, 2.75) is 19.9 Å². The summed E-state index contributed by atoms with van der Waals surface area (Å²) in [6.45, 7) is 3.83. The van der Waals surface area contributed by atoms with Crippen LogP contribution >= 0.6 is 11.3 Å². The van der Waals surface area contributed by atoms with Crippen LogP contribution in [0.2, 0.25) is 0 Å². The Morgan fingerprint density at radius 3 is 2.35 bits per heavy atom. The maximum atomic E-state index is 13.4. The Kier molecular flexibility index (Phi) is 3.32. The van der Waals surface area contributed by atoms with E-state index >= 15 is 0 Å². The number of nitrogens with two attached hydrogens (primary N) is 1. The lowest BCUT2D eigenvalue weighted by molar-refractivity contribution is 0.623. The van der Waals surface area contributed by atoms with Crippen molar-refractivity contribution in [1.29, 1.82) is 0 Å². The SMILES string of the molecule is Cc1cc(F)cc(C)c1C(N)c1cc2ccccc2s1. The second kappa shape index (κ2) is 5.00. The molecule has 0 amide bonds. The van der Waals surface area contributed by atoms with Gasteiger partial charge in [-0.15, -0.1) is 11.3 Å². The zero-order valence-corrected chi connectivity index (χ0v) is 12.3. The fourth-order valence-corrected chi connectivity index (χ4v) is 3.79. The van der Waals surface area contributed by atoms with E-state index in [1.54, 1.807) is 23.5 Å². The van der Waals surface area contributed by atoms with Crippen molar-refractivity contribution in [2.75, 3.05) is 0 Å². The number of benzene rings is 2. The third kappa shape index (κ3) is 2.23. The van der Waals surface area contributed by atoms with Gasteiger partial charge < -0.3 is 5.73 Å². The molecule has 0 radical (unpaired) electrons. The molecule has 2 aromatic carbocycles. The summed E-state index contributed by atoms with van der Waals surface area (Å²) in [7, 11) is 0. The van der Waals surface area contributed by atoms with Crippen molar-refractivity contribution in [3.05, 3.63) is 69.8 Å². The monoisotopic (exact) mass is 285 g/mol. The minimum absolute atomic E-state index is 0.201. The summed E-state index contributed by atoms with van der Waals surface area (Å²) >= 11 is 1.70. The Morgan fingerprint density at radius 1 is 1.05 bits per heavy atom. The van der Waals surface area contributed by atoms with Gasteiger partial charge in [-0.05, 0) is 60.2 Å². The first-order valence-electron chi connectivity index (χ1n) is 6.57. The Hall–Kier alpha value is -1.71. The zero-order valence-electron chi connectivity index (χ0n) is 11.5. The summed E-state index contributed by atoms with van der Waals surface area (Å²) < 4.78 is 14.6. The molecule has 0 fully saturated rings. The van der Waals surface area contributed by atoms with Gasteiger partial charge >= 0.3 is 0 Å². The Bertz CT molecular complexity index is 720. The van der Waals surface area contributed by atoms with E-state index in [0.717, 1.165) is 21.6 Å². The molecule has 2 N–H and O–H groups in total. The van der Waals surface area contributed by atoms with Crippen LogP contribution in [0.5, 0.6) is 0 Å². The van der Waals surface area contributed by atoms with Crippen LogP contribution in [0.15, 0.2) is 42.5 Å². The van der Waals surface area contributed by atoms with Gasteiger partial charge in [0.2, 0.25) is 0 Å². The number of hydrogen-bond donors (Lipinski definition) is 1. The van der Waals surface area contributed by atoms with Crippen LogP contribution < -0.4 is 5.73 Å². The standard InChI is InChI=1S/C17H16FNS/c1-10-7-13(18)8-11(2)16(10)17(19)15-9-12-5-3-4-6-14(12)20-15/h3-9,17H,19H2,1-2H3. The molecule has 102 valence electrons. The molecule has 0 saturated carbocycles. The van der Waals surface area contributed by atoms with E-state index in [9.17, 15) is 4.39 Å². The lowest BCUT2D eigenvalue weighted by Gasteiger charge is -2.16. The van der Waals surface area contributed by atoms with E-state index < -0.39 is 0 Å². The van der Waals surface area contributed by atoms with Crippen LogP contribution in [0.4, 0.5) is 4.39 Å². The minimum atomic E-state index is -0.202. The highest BCUT2D eigenvalue weighted by atomic mass is 32.1. The van der Waals surface area contributed by atoms with Crippen LogP contribution in [0.25, 0.3) is 10.1 Å². The molecule has 1 nitrogen and oxygen atoms in total. The largest absolute Gasteiger partial charge is 0.320 e. The molecule has 1 heterocycles. The lowest BCUT2D eigenvalue weighted by atomic mass is 9.95. The van der Waals surface area contributed by atoms with Gasteiger partial charge in [-0.25, -0.2) is 4.39 Å². The van der Waals surface area contributed by atoms with Gasteiger partial charge in [-0.3, -0.25) is 0 Å². The number of halogens is 1. The first kappa shape index (κ1) is 13.3.